The quantitative estimate of drug-likeness (QED) is 0.409. The van der Waals surface area contributed by atoms with E-state index in [9.17, 15) is 9.90 Å². The van der Waals surface area contributed by atoms with E-state index in [1.54, 1.807) is 23.5 Å². The predicted octanol–water partition coefficient (Wildman–Crippen LogP) is 6.06. The van der Waals surface area contributed by atoms with Crippen LogP contribution in [-0.4, -0.2) is 21.0 Å². The highest BCUT2D eigenvalue weighted by Gasteiger charge is 2.13. The Morgan fingerprint density at radius 3 is 2.62 bits per heavy atom. The highest BCUT2D eigenvalue weighted by molar-refractivity contribution is 7.08. The van der Waals surface area contributed by atoms with Gasteiger partial charge in [0.1, 0.15) is 5.82 Å². The average Bonchev–Trinajstić information content (AvgIpc) is 3.25. The lowest BCUT2D eigenvalue weighted by Crippen LogP contribution is -2.05. The Hall–Kier alpha value is -3.25. The number of rotatable bonds is 6. The Kier molecular flexibility index (Phi) is 5.27. The highest BCUT2D eigenvalue weighted by atomic mass is 32.1. The van der Waals surface area contributed by atoms with Crippen molar-refractivity contribution in [1.82, 2.24) is 9.97 Å². The van der Waals surface area contributed by atoms with Crippen LogP contribution in [0.5, 0.6) is 0 Å². The fraction of sp³-hybridized carbons (Fsp3) is 0.174. The number of aryl methyl sites for hydroxylation is 1. The number of aromatic carboxylic acids is 1. The summed E-state index contributed by atoms with van der Waals surface area (Å²) < 4.78 is 0. The molecule has 2 aromatic carbocycles. The van der Waals surface area contributed by atoms with Crippen molar-refractivity contribution in [1.29, 1.82) is 0 Å². The zero-order valence-electron chi connectivity index (χ0n) is 16.3. The Bertz CT molecular complexity index is 1190. The Morgan fingerprint density at radius 2 is 1.90 bits per heavy atom. The largest absolute Gasteiger partial charge is 0.478 e. The van der Waals surface area contributed by atoms with Gasteiger partial charge in [-0.1, -0.05) is 25.5 Å². The molecule has 2 aromatic heterocycles. The topological polar surface area (TPSA) is 75.1 Å². The molecule has 2 heterocycles. The lowest BCUT2D eigenvalue weighted by atomic mass is 10.1. The van der Waals surface area contributed by atoms with Gasteiger partial charge >= 0.3 is 5.97 Å². The molecule has 0 saturated heterocycles. The summed E-state index contributed by atoms with van der Waals surface area (Å²) in [4.78, 5) is 20.7. The molecule has 0 unspecified atom stereocenters. The van der Waals surface area contributed by atoms with Crippen LogP contribution in [0, 0.1) is 6.92 Å². The van der Waals surface area contributed by atoms with E-state index in [2.05, 4.69) is 12.2 Å². The fourth-order valence-electron chi connectivity index (χ4n) is 3.36. The summed E-state index contributed by atoms with van der Waals surface area (Å²) in [7, 11) is 0. The van der Waals surface area contributed by atoms with E-state index in [4.69, 9.17) is 9.97 Å². The third-order valence-electron chi connectivity index (χ3n) is 4.84. The van der Waals surface area contributed by atoms with Crippen LogP contribution in [0.1, 0.15) is 35.0 Å². The summed E-state index contributed by atoms with van der Waals surface area (Å²) in [5, 5.41) is 18.6. The minimum Gasteiger partial charge on any atom is -0.478 e. The second kappa shape index (κ2) is 8.01. The minimum atomic E-state index is -0.921. The molecule has 0 aliphatic heterocycles. The normalized spacial score (nSPS) is 11.0. The van der Waals surface area contributed by atoms with E-state index in [1.807, 2.05) is 48.0 Å². The molecular formula is C23H21N3O2S. The molecule has 6 heteroatoms. The summed E-state index contributed by atoms with van der Waals surface area (Å²) in [5.41, 5.74) is 4.32. The van der Waals surface area contributed by atoms with Crippen molar-refractivity contribution >= 4 is 39.6 Å². The minimum absolute atomic E-state index is 0.287. The molecule has 4 rings (SSSR count). The molecule has 0 amide bonds. The van der Waals surface area contributed by atoms with Gasteiger partial charge in [-0.25, -0.2) is 14.8 Å². The second-order valence-corrected chi connectivity index (χ2v) is 7.71. The number of nitrogens with one attached hydrogen (secondary N) is 1. The first-order valence-electron chi connectivity index (χ1n) is 9.49. The van der Waals surface area contributed by atoms with Crippen LogP contribution in [0.3, 0.4) is 0 Å². The molecule has 2 N–H and O–H groups in total. The van der Waals surface area contributed by atoms with Gasteiger partial charge in [0, 0.05) is 27.9 Å². The van der Waals surface area contributed by atoms with Crippen LogP contribution in [0.2, 0.25) is 0 Å². The molecule has 0 saturated carbocycles. The van der Waals surface area contributed by atoms with E-state index in [-0.39, 0.29) is 5.56 Å². The molecule has 0 aliphatic carbocycles. The molecule has 0 spiro atoms. The monoisotopic (exact) mass is 403 g/mol. The molecule has 0 aliphatic rings. The summed E-state index contributed by atoms with van der Waals surface area (Å²) >= 11 is 1.63. The Balaban J connectivity index is 1.74. The molecule has 4 aromatic rings. The standard InChI is InChI=1S/C23H21N3O2S/c1-3-4-20-14(2)24-21(18-9-10-29-13-18)26-22(20)25-19-8-7-15-11-17(23(27)28)6-5-16(15)12-19/h5-13H,3-4H2,1-2H3,(H,27,28)(H,24,25,26). The molecule has 146 valence electrons. The first kappa shape index (κ1) is 19.1. The van der Waals surface area contributed by atoms with Crippen LogP contribution in [0.25, 0.3) is 22.2 Å². The second-order valence-electron chi connectivity index (χ2n) is 6.93. The number of hydrogen-bond donors (Lipinski definition) is 2. The van der Waals surface area contributed by atoms with Gasteiger partial charge in [0.25, 0.3) is 0 Å². The molecule has 0 radical (unpaired) electrons. The smallest absolute Gasteiger partial charge is 0.335 e. The van der Waals surface area contributed by atoms with E-state index >= 15 is 0 Å². The van der Waals surface area contributed by atoms with E-state index in [1.165, 1.54) is 0 Å². The van der Waals surface area contributed by atoms with Crippen molar-refractivity contribution in [2.75, 3.05) is 5.32 Å². The maximum atomic E-state index is 11.2. The number of thiophene rings is 1. The van der Waals surface area contributed by atoms with E-state index < -0.39 is 5.97 Å². The SMILES string of the molecule is CCCc1c(C)nc(-c2ccsc2)nc1Nc1ccc2cc(C(=O)O)ccc2c1. The third kappa shape index (κ3) is 3.98. The van der Waals surface area contributed by atoms with Gasteiger partial charge in [0.2, 0.25) is 0 Å². The van der Waals surface area contributed by atoms with Crippen molar-refractivity contribution < 1.29 is 9.90 Å². The van der Waals surface area contributed by atoms with Crippen LogP contribution in [0.15, 0.2) is 53.2 Å². The van der Waals surface area contributed by atoms with Crippen LogP contribution in [0.4, 0.5) is 11.5 Å². The maximum absolute atomic E-state index is 11.2. The van der Waals surface area contributed by atoms with Gasteiger partial charge < -0.3 is 10.4 Å². The molecule has 0 bridgehead atoms. The van der Waals surface area contributed by atoms with Crippen LogP contribution < -0.4 is 5.32 Å². The number of fused-ring (bicyclic) bond motifs is 1. The van der Waals surface area contributed by atoms with E-state index in [0.717, 1.165) is 57.8 Å². The predicted molar refractivity (Wildman–Crippen MR) is 118 cm³/mol. The Morgan fingerprint density at radius 1 is 1.10 bits per heavy atom. The fourth-order valence-corrected chi connectivity index (χ4v) is 4.00. The number of carbonyl (C=O) groups is 1. The van der Waals surface area contributed by atoms with Gasteiger partial charge in [-0.15, -0.1) is 0 Å². The molecule has 0 atom stereocenters. The number of carboxylic acid groups (broad SMARTS) is 1. The summed E-state index contributed by atoms with van der Waals surface area (Å²) in [5.74, 6) is 0.621. The maximum Gasteiger partial charge on any atom is 0.335 e. The van der Waals surface area contributed by atoms with Crippen molar-refractivity contribution in [3.63, 3.8) is 0 Å². The summed E-state index contributed by atoms with van der Waals surface area (Å²) in [6, 6.07) is 13.1. The number of anilines is 2. The van der Waals surface area contributed by atoms with Gasteiger partial charge in [-0.3, -0.25) is 0 Å². The van der Waals surface area contributed by atoms with Gasteiger partial charge in [-0.2, -0.15) is 11.3 Å². The summed E-state index contributed by atoms with van der Waals surface area (Å²) in [6.45, 7) is 4.17. The highest BCUT2D eigenvalue weighted by Crippen LogP contribution is 2.29. The lowest BCUT2D eigenvalue weighted by Gasteiger charge is -2.15. The molecular weight excluding hydrogens is 382 g/mol. The van der Waals surface area contributed by atoms with E-state index in [0.29, 0.717) is 0 Å². The number of aromatic nitrogens is 2. The summed E-state index contributed by atoms with van der Waals surface area (Å²) in [6.07, 6.45) is 1.90. The first-order valence-corrected chi connectivity index (χ1v) is 10.4. The zero-order chi connectivity index (χ0) is 20.4. The molecule has 29 heavy (non-hydrogen) atoms. The first-order chi connectivity index (χ1) is 14.0. The van der Waals surface area contributed by atoms with Crippen LogP contribution in [-0.2, 0) is 6.42 Å². The van der Waals surface area contributed by atoms with Crippen molar-refractivity contribution in [3.05, 3.63) is 70.0 Å². The average molecular weight is 404 g/mol. The third-order valence-corrected chi connectivity index (χ3v) is 5.53. The Labute approximate surface area is 173 Å². The number of benzene rings is 2. The molecule has 0 fully saturated rings. The van der Waals surface area contributed by atoms with Gasteiger partial charge in [0.05, 0.1) is 5.56 Å². The van der Waals surface area contributed by atoms with Crippen molar-refractivity contribution in [2.24, 2.45) is 0 Å². The number of hydrogen-bond acceptors (Lipinski definition) is 5. The zero-order valence-corrected chi connectivity index (χ0v) is 17.1. The van der Waals surface area contributed by atoms with Crippen LogP contribution >= 0.6 is 11.3 Å². The van der Waals surface area contributed by atoms with Gasteiger partial charge in [-0.05, 0) is 59.8 Å². The number of carboxylic acids is 1. The van der Waals surface area contributed by atoms with Gasteiger partial charge in [0.15, 0.2) is 5.82 Å². The lowest BCUT2D eigenvalue weighted by molar-refractivity contribution is 0.0697. The number of nitrogens with zero attached hydrogens (tertiary/aromatic N) is 2. The van der Waals surface area contributed by atoms with Crippen molar-refractivity contribution in [2.45, 2.75) is 26.7 Å². The van der Waals surface area contributed by atoms with Crippen molar-refractivity contribution in [3.8, 4) is 11.4 Å². The molecule has 5 nitrogen and oxygen atoms in total.